The number of carbonyl (C=O) groups excluding carboxylic acids is 1. The molecule has 2 atom stereocenters. The highest BCUT2D eigenvalue weighted by Crippen LogP contribution is 2.37. The Morgan fingerprint density at radius 3 is 2.56 bits per heavy atom. The Labute approximate surface area is 228 Å². The number of benzene rings is 2. The third-order valence-corrected chi connectivity index (χ3v) is 7.13. The van der Waals surface area contributed by atoms with E-state index in [0.29, 0.717) is 33.1 Å². The third-order valence-electron chi connectivity index (χ3n) is 6.08. The molecule has 1 amide bonds. The van der Waals surface area contributed by atoms with Crippen LogP contribution >= 0.6 is 11.3 Å². The van der Waals surface area contributed by atoms with Crippen molar-refractivity contribution in [1.82, 2.24) is 19.9 Å². The number of rotatable bonds is 7. The predicted molar refractivity (Wildman–Crippen MR) is 148 cm³/mol. The van der Waals surface area contributed by atoms with Crippen LogP contribution in [0.1, 0.15) is 25.1 Å². The molecule has 39 heavy (non-hydrogen) atoms. The molecular formula is C28H26FN5O4S. The van der Waals surface area contributed by atoms with Gasteiger partial charge in [-0.05, 0) is 57.5 Å². The minimum absolute atomic E-state index is 0.0439. The summed E-state index contributed by atoms with van der Waals surface area (Å²) in [6.45, 7) is 7.20. The molecule has 0 saturated heterocycles. The second kappa shape index (κ2) is 10.8. The summed E-state index contributed by atoms with van der Waals surface area (Å²) in [6, 6.07) is 10.4. The highest BCUT2D eigenvalue weighted by atomic mass is 32.1. The number of halogens is 1. The van der Waals surface area contributed by atoms with Crippen LogP contribution in [0, 0.1) is 19.7 Å². The summed E-state index contributed by atoms with van der Waals surface area (Å²) >= 11 is 1.40. The van der Waals surface area contributed by atoms with E-state index < -0.39 is 24.1 Å². The molecule has 0 bridgehead atoms. The van der Waals surface area contributed by atoms with Crippen molar-refractivity contribution in [1.29, 1.82) is 0 Å². The molecule has 0 aliphatic heterocycles. The number of aryl methyl sites for hydroxylation is 2. The van der Waals surface area contributed by atoms with E-state index in [0.717, 1.165) is 21.5 Å². The average Bonchev–Trinajstić information content (AvgIpc) is 3.31. The SMILES string of the molecule is COc1cnc2c(-c3nc4cc(F)c(O[C@@H](C)[C@@H](C)OC(=O)Nc5ccc(C)nc5)cc4s3)cc(C)cc2n1. The largest absolute Gasteiger partial charge is 0.484 e. The topological polar surface area (TPSA) is 108 Å². The highest BCUT2D eigenvalue weighted by Gasteiger charge is 2.22. The Hall–Kier alpha value is -4.38. The number of ether oxygens (including phenoxy) is 3. The Bertz CT molecular complexity index is 1680. The molecule has 9 nitrogen and oxygen atoms in total. The number of hydrogen-bond donors (Lipinski definition) is 1. The number of aromatic nitrogens is 4. The van der Waals surface area contributed by atoms with E-state index in [1.54, 1.807) is 45.4 Å². The van der Waals surface area contributed by atoms with Crippen LogP contribution in [0.15, 0.2) is 48.8 Å². The van der Waals surface area contributed by atoms with Crippen LogP contribution in [-0.4, -0.2) is 45.3 Å². The van der Waals surface area contributed by atoms with Crippen LogP contribution in [0.3, 0.4) is 0 Å². The number of thiazole rings is 1. The second-order valence-electron chi connectivity index (χ2n) is 9.11. The van der Waals surface area contributed by atoms with Gasteiger partial charge in [0, 0.05) is 23.4 Å². The number of hydrogen-bond acceptors (Lipinski definition) is 9. The predicted octanol–water partition coefficient (Wildman–Crippen LogP) is 6.47. The quantitative estimate of drug-likeness (QED) is 0.247. The van der Waals surface area contributed by atoms with Gasteiger partial charge in [0.2, 0.25) is 5.88 Å². The standard InChI is InChI=1S/C28H26FN5O4S/c1-14-8-19(26-22(9-14)33-25(36-5)13-31-26)27-34-21-10-20(29)23(11-24(21)39-27)37-16(3)17(4)38-28(35)32-18-7-6-15(2)30-12-18/h6-13,16-17H,1-5H3,(H,32,35)/t16-,17+/m0/s1. The van der Waals surface area contributed by atoms with E-state index in [4.69, 9.17) is 14.2 Å². The zero-order valence-electron chi connectivity index (χ0n) is 22.0. The van der Waals surface area contributed by atoms with Crippen LogP contribution in [0.4, 0.5) is 14.9 Å². The van der Waals surface area contributed by atoms with Gasteiger partial charge in [0.25, 0.3) is 0 Å². The molecule has 0 aliphatic carbocycles. The monoisotopic (exact) mass is 547 g/mol. The first-order valence-corrected chi connectivity index (χ1v) is 13.0. The first-order valence-electron chi connectivity index (χ1n) is 12.2. The Kier molecular flexibility index (Phi) is 7.25. The number of amides is 1. The summed E-state index contributed by atoms with van der Waals surface area (Å²) in [5.74, 6) is -0.0983. The molecule has 200 valence electrons. The maximum Gasteiger partial charge on any atom is 0.412 e. The summed E-state index contributed by atoms with van der Waals surface area (Å²) in [5.41, 5.74) is 4.99. The maximum absolute atomic E-state index is 15.0. The van der Waals surface area contributed by atoms with Gasteiger partial charge in [-0.3, -0.25) is 10.3 Å². The normalized spacial score (nSPS) is 12.8. The molecule has 0 saturated carbocycles. The second-order valence-corrected chi connectivity index (χ2v) is 10.1. The van der Waals surface area contributed by atoms with E-state index in [-0.39, 0.29) is 5.75 Å². The molecular weight excluding hydrogens is 521 g/mol. The average molecular weight is 548 g/mol. The van der Waals surface area contributed by atoms with Gasteiger partial charge in [0.05, 0.1) is 46.4 Å². The number of carbonyl (C=O) groups is 1. The van der Waals surface area contributed by atoms with Crippen molar-refractivity contribution < 1.29 is 23.4 Å². The number of pyridine rings is 1. The van der Waals surface area contributed by atoms with Crippen molar-refractivity contribution >= 4 is 44.4 Å². The Balaban J connectivity index is 1.34. The van der Waals surface area contributed by atoms with Gasteiger partial charge in [-0.2, -0.15) is 0 Å². The third kappa shape index (κ3) is 5.73. The van der Waals surface area contributed by atoms with E-state index >= 15 is 4.39 Å². The lowest BCUT2D eigenvalue weighted by atomic mass is 10.1. The first kappa shape index (κ1) is 26.2. The fraction of sp³-hybridized carbons (Fsp3) is 0.250. The summed E-state index contributed by atoms with van der Waals surface area (Å²) in [4.78, 5) is 30.1. The fourth-order valence-electron chi connectivity index (χ4n) is 3.89. The van der Waals surface area contributed by atoms with Crippen LogP contribution in [-0.2, 0) is 4.74 Å². The minimum atomic E-state index is -0.662. The van der Waals surface area contributed by atoms with Crippen LogP contribution < -0.4 is 14.8 Å². The van der Waals surface area contributed by atoms with Crippen molar-refractivity contribution in [2.75, 3.05) is 12.4 Å². The number of methoxy groups -OCH3 is 1. The van der Waals surface area contributed by atoms with Gasteiger partial charge in [-0.15, -0.1) is 11.3 Å². The van der Waals surface area contributed by atoms with Crippen molar-refractivity contribution in [3.63, 3.8) is 0 Å². The minimum Gasteiger partial charge on any atom is -0.484 e. The molecule has 0 radical (unpaired) electrons. The lowest BCUT2D eigenvalue weighted by Gasteiger charge is -2.22. The Morgan fingerprint density at radius 2 is 1.82 bits per heavy atom. The molecule has 3 heterocycles. The molecule has 3 aromatic heterocycles. The van der Waals surface area contributed by atoms with Crippen molar-refractivity contribution in [2.45, 2.75) is 39.9 Å². The van der Waals surface area contributed by atoms with Crippen molar-refractivity contribution in [2.24, 2.45) is 0 Å². The van der Waals surface area contributed by atoms with E-state index in [1.807, 2.05) is 26.0 Å². The molecule has 0 unspecified atom stereocenters. The van der Waals surface area contributed by atoms with Gasteiger partial charge < -0.3 is 14.2 Å². The lowest BCUT2D eigenvalue weighted by Crippen LogP contribution is -2.32. The van der Waals surface area contributed by atoms with E-state index in [1.165, 1.54) is 23.6 Å². The van der Waals surface area contributed by atoms with Gasteiger partial charge in [0.1, 0.15) is 17.2 Å². The molecule has 0 fully saturated rings. The molecule has 5 aromatic rings. The highest BCUT2D eigenvalue weighted by molar-refractivity contribution is 7.21. The fourth-order valence-corrected chi connectivity index (χ4v) is 4.89. The summed E-state index contributed by atoms with van der Waals surface area (Å²) < 4.78 is 32.2. The van der Waals surface area contributed by atoms with Gasteiger partial charge in [-0.1, -0.05) is 0 Å². The number of nitrogens with one attached hydrogen (secondary N) is 1. The molecule has 1 N–H and O–H groups in total. The zero-order valence-corrected chi connectivity index (χ0v) is 22.8. The Morgan fingerprint density at radius 1 is 1.00 bits per heavy atom. The molecule has 5 rings (SSSR count). The summed E-state index contributed by atoms with van der Waals surface area (Å²) in [6.07, 6.45) is 1.15. The number of anilines is 1. The van der Waals surface area contributed by atoms with Crippen LogP contribution in [0.25, 0.3) is 31.8 Å². The lowest BCUT2D eigenvalue weighted by molar-refractivity contribution is 0.0402. The maximum atomic E-state index is 15.0. The van der Waals surface area contributed by atoms with Gasteiger partial charge >= 0.3 is 6.09 Å². The number of fused-ring (bicyclic) bond motifs is 2. The van der Waals surface area contributed by atoms with Crippen LogP contribution in [0.5, 0.6) is 11.6 Å². The molecule has 11 heteroatoms. The smallest absolute Gasteiger partial charge is 0.412 e. The first-order chi connectivity index (χ1) is 18.7. The van der Waals surface area contributed by atoms with Crippen LogP contribution in [0.2, 0.25) is 0 Å². The molecule has 0 spiro atoms. The zero-order chi connectivity index (χ0) is 27.7. The molecule has 2 aromatic carbocycles. The van der Waals surface area contributed by atoms with Crippen molar-refractivity contribution in [3.05, 3.63) is 65.9 Å². The molecule has 0 aliphatic rings. The summed E-state index contributed by atoms with van der Waals surface area (Å²) in [5, 5.41) is 3.30. The van der Waals surface area contributed by atoms with Gasteiger partial charge in [-0.25, -0.2) is 24.1 Å². The van der Waals surface area contributed by atoms with Gasteiger partial charge in [0.15, 0.2) is 11.6 Å². The van der Waals surface area contributed by atoms with E-state index in [2.05, 4.69) is 25.3 Å². The van der Waals surface area contributed by atoms with Crippen molar-refractivity contribution in [3.8, 4) is 22.2 Å². The summed E-state index contributed by atoms with van der Waals surface area (Å²) in [7, 11) is 1.54. The number of nitrogens with zero attached hydrogens (tertiary/aromatic N) is 4. The van der Waals surface area contributed by atoms with E-state index in [9.17, 15) is 4.79 Å².